The van der Waals surface area contributed by atoms with E-state index < -0.39 is 38.9 Å². The van der Waals surface area contributed by atoms with Crippen LogP contribution in [-0.4, -0.2) is 45.4 Å². The van der Waals surface area contributed by atoms with E-state index in [0.29, 0.717) is 17.9 Å². The topological polar surface area (TPSA) is 105 Å². The molecule has 2 heterocycles. The van der Waals surface area contributed by atoms with Gasteiger partial charge in [-0.1, -0.05) is 44.2 Å². The maximum absolute atomic E-state index is 13.6. The Morgan fingerprint density at radius 3 is 2.62 bits per heavy atom. The Labute approximate surface area is 184 Å². The predicted octanol–water partition coefficient (Wildman–Crippen LogP) is 2.26. The van der Waals surface area contributed by atoms with Crippen LogP contribution in [0.5, 0.6) is 0 Å². The molecule has 0 amide bonds. The number of carboxylic acid groups (broad SMARTS) is 1. The normalized spacial score (nSPS) is 27.9. The molecule has 0 spiro atoms. The Kier molecular flexibility index (Phi) is 4.50. The highest BCUT2D eigenvalue weighted by molar-refractivity contribution is 7.87. The number of rotatable bonds is 5. The molecule has 0 unspecified atom stereocenters. The lowest BCUT2D eigenvalue weighted by molar-refractivity contribution is -0.141. The Morgan fingerprint density at radius 2 is 1.94 bits per heavy atom. The van der Waals surface area contributed by atoms with Crippen molar-refractivity contribution in [3.8, 4) is 0 Å². The van der Waals surface area contributed by atoms with E-state index in [-0.39, 0.29) is 13.1 Å². The van der Waals surface area contributed by atoms with Gasteiger partial charge in [0.25, 0.3) is 10.2 Å². The summed E-state index contributed by atoms with van der Waals surface area (Å²) in [6, 6.07) is 13.4. The van der Waals surface area contributed by atoms with Gasteiger partial charge in [0.1, 0.15) is 17.2 Å². The smallest absolute Gasteiger partial charge is 0.326 e. The lowest BCUT2D eigenvalue weighted by atomic mass is 9.92. The number of aromatic nitrogens is 2. The highest BCUT2D eigenvalue weighted by Crippen LogP contribution is 2.63. The number of imidazole rings is 1. The van der Waals surface area contributed by atoms with Gasteiger partial charge < -0.3 is 9.67 Å². The molecule has 0 radical (unpaired) electrons. The molecular formula is C22H23FN4O4S. The zero-order chi connectivity index (χ0) is 22.9. The van der Waals surface area contributed by atoms with Crippen LogP contribution in [0.2, 0.25) is 0 Å². The lowest BCUT2D eigenvalue weighted by Gasteiger charge is -2.30. The van der Waals surface area contributed by atoms with Gasteiger partial charge in [-0.25, -0.2) is 9.37 Å². The molecule has 0 saturated heterocycles. The Balaban J connectivity index is 1.46. The molecule has 3 atom stereocenters. The maximum atomic E-state index is 13.6. The van der Waals surface area contributed by atoms with Crippen molar-refractivity contribution in [3.63, 3.8) is 0 Å². The summed E-state index contributed by atoms with van der Waals surface area (Å²) >= 11 is 0. The van der Waals surface area contributed by atoms with Crippen molar-refractivity contribution < 1.29 is 22.7 Å². The van der Waals surface area contributed by atoms with Crippen LogP contribution in [0.4, 0.5) is 4.39 Å². The fraction of sp³-hybridized carbons (Fsp3) is 0.364. The van der Waals surface area contributed by atoms with E-state index in [0.717, 1.165) is 11.1 Å². The van der Waals surface area contributed by atoms with Crippen molar-refractivity contribution in [2.75, 3.05) is 6.54 Å². The Hall–Kier alpha value is -2.82. The summed E-state index contributed by atoms with van der Waals surface area (Å²) < 4.78 is 45.8. The van der Waals surface area contributed by atoms with Crippen molar-refractivity contribution in [2.24, 2.45) is 5.92 Å². The molecule has 2 N–H and O–H groups in total. The number of aliphatic carboxylic acids is 1. The first-order valence-corrected chi connectivity index (χ1v) is 11.8. The van der Waals surface area contributed by atoms with Crippen molar-refractivity contribution in [2.45, 2.75) is 37.9 Å². The van der Waals surface area contributed by atoms with E-state index in [4.69, 9.17) is 0 Å². The third-order valence-corrected chi connectivity index (χ3v) is 8.84. The molecule has 1 aliphatic heterocycles. The quantitative estimate of drug-likeness (QED) is 0.610. The van der Waals surface area contributed by atoms with Crippen LogP contribution in [0.1, 0.15) is 25.2 Å². The number of fused-ring (bicyclic) bond motifs is 3. The molecule has 1 aromatic heterocycles. The molecule has 1 fully saturated rings. The third kappa shape index (κ3) is 2.76. The molecule has 8 nitrogen and oxygen atoms in total. The van der Waals surface area contributed by atoms with Gasteiger partial charge in [0.2, 0.25) is 0 Å². The van der Waals surface area contributed by atoms with E-state index in [1.807, 2.05) is 34.9 Å². The molecule has 0 bridgehead atoms. The molecule has 1 saturated carbocycles. The van der Waals surface area contributed by atoms with Gasteiger partial charge in [-0.3, -0.25) is 4.79 Å². The van der Waals surface area contributed by atoms with Crippen LogP contribution >= 0.6 is 0 Å². The van der Waals surface area contributed by atoms with Crippen LogP contribution in [-0.2, 0) is 33.5 Å². The fourth-order valence-corrected chi connectivity index (χ4v) is 6.81. The molecule has 10 heteroatoms. The maximum Gasteiger partial charge on any atom is 0.326 e. The molecule has 3 aromatic rings. The monoisotopic (exact) mass is 458 g/mol. The first-order chi connectivity index (χ1) is 15.1. The highest BCUT2D eigenvalue weighted by atomic mass is 32.2. The minimum Gasteiger partial charge on any atom is -0.480 e. The molecule has 5 rings (SSSR count). The SMILES string of the molecule is C[C@@H]1[C@](C)(c2ccccc2)[C@]1(NS(=O)(=O)N1CCn2c(nc3cc(F)ccc32)C1)C(=O)O. The first kappa shape index (κ1) is 21.0. The van der Waals surface area contributed by atoms with Crippen molar-refractivity contribution in [3.05, 3.63) is 65.7 Å². The average molecular weight is 459 g/mol. The Bertz CT molecular complexity index is 1340. The van der Waals surface area contributed by atoms with E-state index in [2.05, 4.69) is 9.71 Å². The summed E-state index contributed by atoms with van der Waals surface area (Å²) in [6.07, 6.45) is 0. The van der Waals surface area contributed by atoms with Gasteiger partial charge >= 0.3 is 5.97 Å². The summed E-state index contributed by atoms with van der Waals surface area (Å²) in [6.45, 7) is 3.97. The summed E-state index contributed by atoms with van der Waals surface area (Å²) in [4.78, 5) is 16.8. The number of hydrogen-bond donors (Lipinski definition) is 2. The summed E-state index contributed by atoms with van der Waals surface area (Å²) in [5.74, 6) is -1.59. The molecule has 32 heavy (non-hydrogen) atoms. The number of carboxylic acids is 1. The van der Waals surface area contributed by atoms with Crippen LogP contribution in [0.15, 0.2) is 48.5 Å². The molecule has 1 aliphatic carbocycles. The van der Waals surface area contributed by atoms with Gasteiger partial charge in [0.15, 0.2) is 0 Å². The van der Waals surface area contributed by atoms with Crippen LogP contribution < -0.4 is 4.72 Å². The van der Waals surface area contributed by atoms with Crippen LogP contribution in [0.25, 0.3) is 11.0 Å². The number of benzene rings is 2. The summed E-state index contributed by atoms with van der Waals surface area (Å²) in [5.41, 5.74) is -0.593. The minimum atomic E-state index is -4.15. The number of nitrogens with one attached hydrogen (secondary N) is 1. The second-order valence-electron chi connectivity index (χ2n) is 8.66. The second kappa shape index (κ2) is 6.84. The molecule has 2 aliphatic rings. The van der Waals surface area contributed by atoms with Gasteiger partial charge in [-0.05, 0) is 23.6 Å². The summed E-state index contributed by atoms with van der Waals surface area (Å²) in [7, 11) is -4.15. The number of nitrogens with zero attached hydrogens (tertiary/aromatic N) is 3. The predicted molar refractivity (Wildman–Crippen MR) is 115 cm³/mol. The van der Waals surface area contributed by atoms with E-state index in [9.17, 15) is 22.7 Å². The molecule has 168 valence electrons. The van der Waals surface area contributed by atoms with Gasteiger partial charge in [0, 0.05) is 24.6 Å². The first-order valence-electron chi connectivity index (χ1n) is 10.3. The number of halogens is 1. The van der Waals surface area contributed by atoms with Gasteiger partial charge in [-0.2, -0.15) is 17.4 Å². The van der Waals surface area contributed by atoms with Gasteiger partial charge in [-0.15, -0.1) is 0 Å². The third-order valence-electron chi connectivity index (χ3n) is 7.27. The van der Waals surface area contributed by atoms with Crippen molar-refractivity contribution in [1.82, 2.24) is 18.6 Å². The van der Waals surface area contributed by atoms with Crippen molar-refractivity contribution in [1.29, 1.82) is 0 Å². The van der Waals surface area contributed by atoms with Gasteiger partial charge in [0.05, 0.1) is 17.6 Å². The van der Waals surface area contributed by atoms with E-state index in [1.165, 1.54) is 16.4 Å². The fourth-order valence-electron chi connectivity index (χ4n) is 5.19. The summed E-state index contributed by atoms with van der Waals surface area (Å²) in [5, 5.41) is 10.1. The van der Waals surface area contributed by atoms with Crippen molar-refractivity contribution >= 4 is 27.2 Å². The second-order valence-corrected chi connectivity index (χ2v) is 10.3. The lowest BCUT2D eigenvalue weighted by Crippen LogP contribution is -2.54. The van der Waals surface area contributed by atoms with Crippen LogP contribution in [0, 0.1) is 11.7 Å². The van der Waals surface area contributed by atoms with E-state index in [1.54, 1.807) is 19.9 Å². The number of hydrogen-bond acceptors (Lipinski definition) is 4. The van der Waals surface area contributed by atoms with E-state index >= 15 is 0 Å². The molecular weight excluding hydrogens is 435 g/mol. The van der Waals surface area contributed by atoms with Crippen LogP contribution in [0.3, 0.4) is 0 Å². The highest BCUT2D eigenvalue weighted by Gasteiger charge is 2.78. The minimum absolute atomic E-state index is 0.0300. The Morgan fingerprint density at radius 1 is 1.22 bits per heavy atom. The zero-order valence-electron chi connectivity index (χ0n) is 17.6. The standard InChI is InChI=1S/C22H23FN4O4S/c1-14-21(2,15-6-4-3-5-7-15)22(14,20(28)29)25-32(30,31)26-10-11-27-18-9-8-16(23)12-17(18)24-19(27)13-26/h3-9,12,14,25H,10-11,13H2,1-2H3,(H,28,29)/t14-,21-,22-/m1/s1. The average Bonchev–Trinajstić information content (AvgIpc) is 3.06. The zero-order valence-corrected chi connectivity index (χ0v) is 18.4. The number of carbonyl (C=O) groups is 1. The molecule has 2 aromatic carbocycles. The largest absolute Gasteiger partial charge is 0.480 e.